The van der Waals surface area contributed by atoms with Crippen LogP contribution in [0.15, 0.2) is 241 Å². The molecule has 6 heteroatoms. The zero-order valence-electron chi connectivity index (χ0n) is 40.1. The summed E-state index contributed by atoms with van der Waals surface area (Å²) in [6.07, 6.45) is 0. The SMILES string of the molecule is c1ccc(-c2nc(-c3ccc4sc5c6ccccc6cc(-c6cc7ccccc7c7ccccc67)c5c4c3)nc(-c3cccc4oc5cc(-c6ccccc6-c6cccc7sc8ccccc8c67)ccc5c34)n2)cc1. The van der Waals surface area contributed by atoms with E-state index in [0.29, 0.717) is 17.5 Å². The van der Waals surface area contributed by atoms with Gasteiger partial charge in [0, 0.05) is 67.8 Å². The second kappa shape index (κ2) is 16.6. The lowest BCUT2D eigenvalue weighted by Crippen LogP contribution is -2.00. The molecule has 0 saturated heterocycles. The molecule has 4 nitrogen and oxygen atoms in total. The molecule has 0 aliphatic rings. The number of hydrogen-bond acceptors (Lipinski definition) is 6. The van der Waals surface area contributed by atoms with Crippen molar-refractivity contribution in [2.45, 2.75) is 0 Å². The average molecular weight is 990 g/mol. The molecule has 16 rings (SSSR count). The first-order chi connectivity index (χ1) is 37.2. The van der Waals surface area contributed by atoms with E-state index in [1.54, 1.807) is 0 Å². The fourth-order valence-corrected chi connectivity index (χ4v) is 14.1. The van der Waals surface area contributed by atoms with Gasteiger partial charge in [0.2, 0.25) is 0 Å². The molecule has 0 fully saturated rings. The first kappa shape index (κ1) is 42.2. The highest BCUT2D eigenvalue weighted by Gasteiger charge is 2.22. The van der Waals surface area contributed by atoms with Crippen LogP contribution in [-0.2, 0) is 0 Å². The fraction of sp³-hybridized carbons (Fsp3) is 0. The molecule has 0 amide bonds. The number of furan rings is 1. The summed E-state index contributed by atoms with van der Waals surface area (Å²) in [6, 6.07) is 85.0. The molecular formula is C69H39N3OS2. The molecule has 4 heterocycles. The second-order valence-electron chi connectivity index (χ2n) is 19.3. The molecule has 348 valence electrons. The van der Waals surface area contributed by atoms with Crippen LogP contribution >= 0.6 is 22.7 Å². The third-order valence-corrected chi connectivity index (χ3v) is 17.5. The van der Waals surface area contributed by atoms with Crippen molar-refractivity contribution in [1.82, 2.24) is 15.0 Å². The number of nitrogens with zero attached hydrogens (tertiary/aromatic N) is 3. The van der Waals surface area contributed by atoms with Gasteiger partial charge in [-0.3, -0.25) is 0 Å². The number of fused-ring (bicyclic) bond motifs is 14. The maximum Gasteiger partial charge on any atom is 0.164 e. The highest BCUT2D eigenvalue weighted by Crippen LogP contribution is 2.49. The van der Waals surface area contributed by atoms with E-state index in [9.17, 15) is 0 Å². The van der Waals surface area contributed by atoms with Crippen LogP contribution in [-0.4, -0.2) is 15.0 Å². The van der Waals surface area contributed by atoms with Gasteiger partial charge < -0.3 is 4.42 Å². The normalized spacial score (nSPS) is 12.0. The number of hydrogen-bond donors (Lipinski definition) is 0. The van der Waals surface area contributed by atoms with Crippen molar-refractivity contribution >= 4 is 117 Å². The monoisotopic (exact) mass is 989 g/mol. The van der Waals surface area contributed by atoms with Gasteiger partial charge in [-0.1, -0.05) is 176 Å². The van der Waals surface area contributed by atoms with Crippen molar-refractivity contribution in [3.63, 3.8) is 0 Å². The second-order valence-corrected chi connectivity index (χ2v) is 21.5. The van der Waals surface area contributed by atoms with Crippen molar-refractivity contribution in [3.8, 4) is 67.5 Å². The highest BCUT2D eigenvalue weighted by atomic mass is 32.1. The Labute approximate surface area is 438 Å². The topological polar surface area (TPSA) is 51.8 Å². The Bertz CT molecular complexity index is 5030. The molecule has 75 heavy (non-hydrogen) atoms. The minimum Gasteiger partial charge on any atom is -0.456 e. The van der Waals surface area contributed by atoms with Gasteiger partial charge in [0.1, 0.15) is 11.2 Å². The van der Waals surface area contributed by atoms with Crippen molar-refractivity contribution < 1.29 is 4.42 Å². The van der Waals surface area contributed by atoms with Gasteiger partial charge in [-0.15, -0.1) is 22.7 Å². The first-order valence-corrected chi connectivity index (χ1v) is 26.9. The first-order valence-electron chi connectivity index (χ1n) is 25.2. The minimum absolute atomic E-state index is 0.585. The maximum atomic E-state index is 6.81. The number of benzene rings is 12. The standard InChI is InChI=1S/C69H39N3OS2/c1-2-16-40(17-3-1)67-70-68(44-33-35-61-57(38-44)65-56(37-42-19-5-7-22-47(42)66(65)75-61)55-36-41-18-4-6-20-45(41)48-23-10-11-25-50(48)55)72-69(71-67)54-28-14-29-58-63(54)52-34-32-43(39-59(52)73-58)46-21-8-9-24-49(46)51-27-15-31-62-64(51)53-26-12-13-30-60(53)74-62/h1-39H. The molecule has 0 spiro atoms. The zero-order chi connectivity index (χ0) is 49.1. The van der Waals surface area contributed by atoms with Gasteiger partial charge in [-0.2, -0.15) is 0 Å². The molecule has 0 unspecified atom stereocenters. The molecular weight excluding hydrogens is 951 g/mol. The predicted molar refractivity (Wildman–Crippen MR) is 318 cm³/mol. The summed E-state index contributed by atoms with van der Waals surface area (Å²) in [6.45, 7) is 0. The quantitative estimate of drug-likeness (QED) is 0.156. The van der Waals surface area contributed by atoms with E-state index >= 15 is 0 Å². The lowest BCUT2D eigenvalue weighted by molar-refractivity contribution is 0.669. The van der Waals surface area contributed by atoms with Gasteiger partial charge in [-0.05, 0) is 126 Å². The summed E-state index contributed by atoms with van der Waals surface area (Å²) in [7, 11) is 0. The highest BCUT2D eigenvalue weighted by molar-refractivity contribution is 7.27. The van der Waals surface area contributed by atoms with Crippen molar-refractivity contribution in [1.29, 1.82) is 0 Å². The fourth-order valence-electron chi connectivity index (χ4n) is 11.7. The van der Waals surface area contributed by atoms with Gasteiger partial charge in [-0.25, -0.2) is 15.0 Å². The van der Waals surface area contributed by atoms with Crippen molar-refractivity contribution in [3.05, 3.63) is 237 Å². The lowest BCUT2D eigenvalue weighted by atomic mass is 9.89. The molecule has 0 N–H and O–H groups in total. The van der Waals surface area contributed by atoms with Crippen LogP contribution in [0.5, 0.6) is 0 Å². The number of thiophene rings is 2. The van der Waals surface area contributed by atoms with Gasteiger partial charge in [0.25, 0.3) is 0 Å². The number of aromatic nitrogens is 3. The Morgan fingerprint density at radius 3 is 1.75 bits per heavy atom. The van der Waals surface area contributed by atoms with E-state index in [0.717, 1.165) is 49.8 Å². The van der Waals surface area contributed by atoms with Gasteiger partial charge in [0.15, 0.2) is 17.5 Å². The summed E-state index contributed by atoms with van der Waals surface area (Å²) in [5.41, 5.74) is 11.4. The van der Waals surface area contributed by atoms with E-state index in [4.69, 9.17) is 19.4 Å². The van der Waals surface area contributed by atoms with E-state index in [1.807, 2.05) is 53.0 Å². The Morgan fingerprint density at radius 2 is 0.880 bits per heavy atom. The van der Waals surface area contributed by atoms with Crippen LogP contribution in [0.2, 0.25) is 0 Å². The third-order valence-electron chi connectivity index (χ3n) is 15.1. The summed E-state index contributed by atoms with van der Waals surface area (Å²) >= 11 is 3.70. The summed E-state index contributed by atoms with van der Waals surface area (Å²) in [4.78, 5) is 16.0. The van der Waals surface area contributed by atoms with E-state index in [-0.39, 0.29) is 0 Å². The average Bonchev–Trinajstić information content (AvgIpc) is 4.21. The Hall–Kier alpha value is -9.33. The largest absolute Gasteiger partial charge is 0.456 e. The minimum atomic E-state index is 0.585. The van der Waals surface area contributed by atoms with Crippen LogP contribution < -0.4 is 0 Å². The Balaban J connectivity index is 0.875. The summed E-state index contributed by atoms with van der Waals surface area (Å²) in [5.74, 6) is 1.80. The van der Waals surface area contributed by atoms with Crippen LogP contribution in [0.25, 0.3) is 162 Å². The Kier molecular flexibility index (Phi) is 9.34. The summed E-state index contributed by atoms with van der Waals surface area (Å²) in [5, 5.41) is 14.4. The lowest BCUT2D eigenvalue weighted by Gasteiger charge is -2.14. The maximum absolute atomic E-state index is 6.81. The molecule has 16 aromatic rings. The molecule has 4 aromatic heterocycles. The molecule has 12 aromatic carbocycles. The molecule has 0 saturated carbocycles. The smallest absolute Gasteiger partial charge is 0.164 e. The zero-order valence-corrected chi connectivity index (χ0v) is 41.7. The molecule has 0 aliphatic heterocycles. The van der Waals surface area contributed by atoms with E-state index < -0.39 is 0 Å². The Morgan fingerprint density at radius 1 is 0.267 bits per heavy atom. The molecule has 0 aliphatic carbocycles. The van der Waals surface area contributed by atoms with E-state index in [2.05, 4.69) is 206 Å². The molecule has 0 bridgehead atoms. The molecule has 0 radical (unpaired) electrons. The molecule has 0 atom stereocenters. The van der Waals surface area contributed by atoms with Crippen LogP contribution in [0.4, 0.5) is 0 Å². The van der Waals surface area contributed by atoms with E-state index in [1.165, 1.54) is 94.9 Å². The van der Waals surface area contributed by atoms with Crippen molar-refractivity contribution in [2.75, 3.05) is 0 Å². The van der Waals surface area contributed by atoms with Crippen LogP contribution in [0.3, 0.4) is 0 Å². The van der Waals surface area contributed by atoms with Gasteiger partial charge in [0.05, 0.1) is 0 Å². The van der Waals surface area contributed by atoms with Crippen LogP contribution in [0.1, 0.15) is 0 Å². The van der Waals surface area contributed by atoms with Crippen LogP contribution in [0, 0.1) is 0 Å². The predicted octanol–water partition coefficient (Wildman–Crippen LogP) is 20.0. The number of rotatable bonds is 6. The van der Waals surface area contributed by atoms with Gasteiger partial charge >= 0.3 is 0 Å². The summed E-state index contributed by atoms with van der Waals surface area (Å²) < 4.78 is 11.9. The third kappa shape index (κ3) is 6.63. The van der Waals surface area contributed by atoms with Crippen molar-refractivity contribution in [2.24, 2.45) is 0 Å².